The third-order valence-corrected chi connectivity index (χ3v) is 8.27. The van der Waals surface area contributed by atoms with Gasteiger partial charge in [0.15, 0.2) is 0 Å². The fourth-order valence-corrected chi connectivity index (χ4v) is 6.17. The van der Waals surface area contributed by atoms with Gasteiger partial charge in [-0.05, 0) is 60.5 Å². The minimum Gasteiger partial charge on any atom is -0.691 e. The van der Waals surface area contributed by atoms with Crippen molar-refractivity contribution in [1.82, 2.24) is 0 Å². The van der Waals surface area contributed by atoms with Crippen LogP contribution in [-0.2, 0) is 29.6 Å². The fourth-order valence-electron chi connectivity index (χ4n) is 5.62. The maximum absolute atomic E-state index is 10.3. The summed E-state index contributed by atoms with van der Waals surface area (Å²) in [6, 6.07) is 24.1. The second-order valence-electron chi connectivity index (χ2n) is 10.4. The Morgan fingerprint density at radius 2 is 1.67 bits per heavy atom. The lowest BCUT2D eigenvalue weighted by molar-refractivity contribution is -0.777. The van der Waals surface area contributed by atoms with E-state index in [0.29, 0.717) is 29.1 Å². The summed E-state index contributed by atoms with van der Waals surface area (Å²) in [5.41, 5.74) is 4.91. The van der Waals surface area contributed by atoms with Gasteiger partial charge in [0.1, 0.15) is 24.1 Å². The van der Waals surface area contributed by atoms with Crippen LogP contribution in [0.1, 0.15) is 38.8 Å². The molecule has 3 aromatic carbocycles. The maximum Gasteiger partial charge on any atom is 0.244 e. The van der Waals surface area contributed by atoms with Crippen molar-refractivity contribution in [2.24, 2.45) is 0 Å². The topological polar surface area (TPSA) is 89.3 Å². The molecule has 214 valence electrons. The van der Waals surface area contributed by atoms with Gasteiger partial charge >= 0.3 is 0 Å². The normalized spacial score (nSPS) is 17.3. The SMILES string of the molecule is CC1(C)C(/C=C/C=C2\N(C#CSOO[O-])c3ccc(Cl)cc3C2(C)C)=[N+](C#CSOO[O-])c2ccc3ccccc3c21. The Balaban J connectivity index is 1.61. The molecule has 5 rings (SSSR count). The van der Waals surface area contributed by atoms with E-state index in [9.17, 15) is 10.5 Å². The van der Waals surface area contributed by atoms with Gasteiger partial charge in [0.2, 0.25) is 17.4 Å². The summed E-state index contributed by atoms with van der Waals surface area (Å²) >= 11 is 7.56. The number of benzene rings is 3. The molecule has 0 saturated carbocycles. The molecule has 8 nitrogen and oxygen atoms in total. The summed E-state index contributed by atoms with van der Waals surface area (Å²) in [5.74, 6) is 0. The minimum absolute atomic E-state index is 0.423. The quantitative estimate of drug-likeness (QED) is 0.0862. The smallest absolute Gasteiger partial charge is 0.244 e. The average molecular weight is 620 g/mol. The van der Waals surface area contributed by atoms with Gasteiger partial charge in [0.05, 0.1) is 16.4 Å². The molecule has 2 aliphatic heterocycles. The van der Waals surface area contributed by atoms with Gasteiger partial charge in [-0.3, -0.25) is 15.0 Å². The zero-order valence-corrected chi connectivity index (χ0v) is 25.4. The van der Waals surface area contributed by atoms with Crippen LogP contribution in [0, 0.1) is 22.6 Å². The van der Waals surface area contributed by atoms with Crippen molar-refractivity contribution in [3.63, 3.8) is 0 Å². The van der Waals surface area contributed by atoms with E-state index in [2.05, 4.69) is 87.2 Å². The van der Waals surface area contributed by atoms with Crippen LogP contribution in [0.4, 0.5) is 11.4 Å². The molecule has 0 amide bonds. The van der Waals surface area contributed by atoms with Crippen molar-refractivity contribution in [3.05, 3.63) is 94.7 Å². The minimum atomic E-state index is -0.444. The van der Waals surface area contributed by atoms with E-state index in [-0.39, 0.29) is 0 Å². The van der Waals surface area contributed by atoms with Crippen LogP contribution in [0.25, 0.3) is 10.8 Å². The first-order chi connectivity index (χ1) is 20.2. The van der Waals surface area contributed by atoms with Crippen LogP contribution < -0.4 is 15.4 Å². The largest absolute Gasteiger partial charge is 0.691 e. The molecule has 0 spiro atoms. The molecule has 2 aliphatic rings. The van der Waals surface area contributed by atoms with Crippen LogP contribution in [0.3, 0.4) is 0 Å². The number of halogens is 1. The van der Waals surface area contributed by atoms with E-state index in [0.717, 1.165) is 44.7 Å². The number of rotatable bonds is 6. The zero-order chi connectivity index (χ0) is 29.9. The summed E-state index contributed by atoms with van der Waals surface area (Å²) in [6.45, 7) is 8.49. The van der Waals surface area contributed by atoms with Crippen molar-refractivity contribution in [1.29, 1.82) is 0 Å². The van der Waals surface area contributed by atoms with Crippen LogP contribution in [0.2, 0.25) is 5.02 Å². The van der Waals surface area contributed by atoms with Crippen LogP contribution in [0.15, 0.2) is 78.5 Å². The van der Waals surface area contributed by atoms with E-state index in [1.165, 1.54) is 0 Å². The number of anilines is 1. The second-order valence-corrected chi connectivity index (χ2v) is 11.9. The molecule has 0 aliphatic carbocycles. The molecule has 0 saturated heterocycles. The van der Waals surface area contributed by atoms with Crippen molar-refractivity contribution >= 4 is 63.5 Å². The van der Waals surface area contributed by atoms with Gasteiger partial charge in [0, 0.05) is 45.1 Å². The second kappa shape index (κ2) is 12.5. The van der Waals surface area contributed by atoms with Crippen molar-refractivity contribution < 1.29 is 33.8 Å². The number of fused-ring (bicyclic) bond motifs is 4. The molecule has 11 heteroatoms. The molecular weight excluding hydrogens is 596 g/mol. The van der Waals surface area contributed by atoms with E-state index in [4.69, 9.17) is 11.6 Å². The highest BCUT2D eigenvalue weighted by atomic mass is 35.5. The lowest BCUT2D eigenvalue weighted by atomic mass is 9.79. The fraction of sp³-hybridized carbons (Fsp3) is 0.194. The first-order valence-corrected chi connectivity index (χ1v) is 14.5. The van der Waals surface area contributed by atoms with Gasteiger partial charge in [-0.25, -0.2) is 0 Å². The zero-order valence-electron chi connectivity index (χ0n) is 23.0. The Morgan fingerprint density at radius 3 is 2.43 bits per heavy atom. The standard InChI is InChI=1S/C31H25ClN2O6S2/c1-30(2)24-20-22(32)13-15-25(24)33(16-18-41-39-37-35)27(30)10-7-11-28-31(3,4)29-23-9-6-5-8-21(23)12-14-26(29)34(28)17-19-42-40-38-36/h5-15,20H,1-4H3,(H-,35,36)/p-1. The molecule has 0 radical (unpaired) electrons. The average Bonchev–Trinajstić information content (AvgIpc) is 3.32. The maximum atomic E-state index is 10.3. The molecule has 0 unspecified atom stereocenters. The predicted octanol–water partition coefficient (Wildman–Crippen LogP) is 5.69. The number of hydrogen-bond acceptors (Lipinski definition) is 9. The predicted molar refractivity (Wildman–Crippen MR) is 161 cm³/mol. The Bertz CT molecular complexity index is 1760. The molecule has 2 heterocycles. The summed E-state index contributed by atoms with van der Waals surface area (Å²) < 4.78 is 10.6. The Labute approximate surface area is 257 Å². The first-order valence-electron chi connectivity index (χ1n) is 12.7. The van der Waals surface area contributed by atoms with E-state index < -0.39 is 10.8 Å². The Hall–Kier alpha value is -3.26. The van der Waals surface area contributed by atoms with Crippen LogP contribution >= 0.6 is 35.7 Å². The highest BCUT2D eigenvalue weighted by molar-refractivity contribution is 7.99. The first kappa shape index (κ1) is 30.2. The van der Waals surface area contributed by atoms with Gasteiger partial charge in [-0.2, -0.15) is 8.67 Å². The molecule has 0 aromatic heterocycles. The van der Waals surface area contributed by atoms with Gasteiger partial charge in [0.25, 0.3) is 0 Å². The molecular formula is C31H24ClN2O6S2-. The van der Waals surface area contributed by atoms with Crippen LogP contribution in [0.5, 0.6) is 0 Å². The van der Waals surface area contributed by atoms with Crippen molar-refractivity contribution in [3.8, 4) is 22.6 Å². The lowest BCUT2D eigenvalue weighted by Gasteiger charge is -2.22. The summed E-state index contributed by atoms with van der Waals surface area (Å²) in [7, 11) is 0. The molecule has 0 fully saturated rings. The number of allylic oxidation sites excluding steroid dienone is 4. The van der Waals surface area contributed by atoms with Crippen LogP contribution in [-0.4, -0.2) is 10.3 Å². The Morgan fingerprint density at radius 1 is 0.929 bits per heavy atom. The highest BCUT2D eigenvalue weighted by Gasteiger charge is 2.46. The highest BCUT2D eigenvalue weighted by Crippen LogP contribution is 2.48. The number of nitrogens with zero attached hydrogens (tertiary/aromatic N) is 2. The van der Waals surface area contributed by atoms with Crippen molar-refractivity contribution in [2.45, 2.75) is 38.5 Å². The molecule has 42 heavy (non-hydrogen) atoms. The van der Waals surface area contributed by atoms with E-state index in [1.807, 2.05) is 64.1 Å². The number of hydrogen-bond donors (Lipinski definition) is 0. The third kappa shape index (κ3) is 5.58. The monoisotopic (exact) mass is 619 g/mol. The lowest BCUT2D eigenvalue weighted by Crippen LogP contribution is -2.27. The molecule has 0 atom stereocenters. The summed E-state index contributed by atoms with van der Waals surface area (Å²) in [6.07, 6.45) is 5.98. The summed E-state index contributed by atoms with van der Waals surface area (Å²) in [5, 5.41) is 35.7. The molecule has 3 aromatic rings. The third-order valence-electron chi connectivity index (χ3n) is 7.44. The van der Waals surface area contributed by atoms with Crippen molar-refractivity contribution in [2.75, 3.05) is 4.90 Å². The van der Waals surface area contributed by atoms with Gasteiger partial charge in [-0.1, -0.05) is 55.8 Å². The Kier molecular flexibility index (Phi) is 9.02. The van der Waals surface area contributed by atoms with E-state index >= 15 is 0 Å². The van der Waals surface area contributed by atoms with Gasteiger partial charge < -0.3 is 10.5 Å². The summed E-state index contributed by atoms with van der Waals surface area (Å²) in [4.78, 5) is 1.85. The molecule has 0 N–H and O–H groups in total. The van der Waals surface area contributed by atoms with E-state index in [1.54, 1.807) is 0 Å². The van der Waals surface area contributed by atoms with Gasteiger partial charge in [-0.15, -0.1) is 4.58 Å². The molecule has 0 bridgehead atoms.